The number of rotatable bonds is 3. The van der Waals surface area contributed by atoms with Gasteiger partial charge < -0.3 is 10.5 Å². The first kappa shape index (κ1) is 14.2. The van der Waals surface area contributed by atoms with Crippen molar-refractivity contribution in [3.63, 3.8) is 0 Å². The van der Waals surface area contributed by atoms with Crippen LogP contribution >= 0.6 is 0 Å². The summed E-state index contributed by atoms with van der Waals surface area (Å²) < 4.78 is 57.3. The summed E-state index contributed by atoms with van der Waals surface area (Å²) >= 11 is 0. The topological polar surface area (TPSA) is 72.6 Å². The van der Waals surface area contributed by atoms with Crippen LogP contribution < -0.4 is 5.73 Å². The van der Waals surface area contributed by atoms with Crippen molar-refractivity contribution >= 4 is 15.7 Å². The van der Waals surface area contributed by atoms with Crippen molar-refractivity contribution in [3.8, 4) is 0 Å². The highest BCUT2D eigenvalue weighted by Crippen LogP contribution is 2.27. The molecule has 1 aliphatic heterocycles. The predicted octanol–water partition coefficient (Wildman–Crippen LogP) is 0.956. The van der Waals surface area contributed by atoms with Crippen molar-refractivity contribution in [3.05, 3.63) is 23.8 Å². The van der Waals surface area contributed by atoms with Gasteiger partial charge in [0, 0.05) is 26.3 Å². The van der Waals surface area contributed by atoms with E-state index in [1.54, 1.807) is 0 Å². The molecular weight excluding hydrogens is 278 g/mol. The number of ether oxygens (including phenoxy) is 1. The van der Waals surface area contributed by atoms with Crippen LogP contribution in [0.5, 0.6) is 0 Å². The lowest BCUT2D eigenvalue weighted by Crippen LogP contribution is -2.30. The van der Waals surface area contributed by atoms with E-state index in [0.29, 0.717) is 12.5 Å². The van der Waals surface area contributed by atoms with E-state index in [4.69, 9.17) is 10.5 Å². The quantitative estimate of drug-likeness (QED) is 0.842. The van der Waals surface area contributed by atoms with Crippen molar-refractivity contribution in [2.24, 2.45) is 0 Å². The van der Waals surface area contributed by atoms with Crippen LogP contribution in [0.1, 0.15) is 6.42 Å². The Morgan fingerprint density at radius 1 is 1.37 bits per heavy atom. The highest BCUT2D eigenvalue weighted by Gasteiger charge is 2.34. The van der Waals surface area contributed by atoms with E-state index >= 15 is 0 Å². The fourth-order valence-electron chi connectivity index (χ4n) is 1.99. The molecule has 1 saturated heterocycles. The van der Waals surface area contributed by atoms with E-state index in [-0.39, 0.29) is 19.2 Å². The van der Waals surface area contributed by atoms with Crippen LogP contribution in [0.4, 0.5) is 14.5 Å². The molecule has 1 fully saturated rings. The van der Waals surface area contributed by atoms with Gasteiger partial charge in [0.15, 0.2) is 0 Å². The molecule has 1 aliphatic rings. The third kappa shape index (κ3) is 2.56. The minimum Gasteiger partial charge on any atom is -0.396 e. The first-order valence-corrected chi connectivity index (χ1v) is 7.07. The van der Waals surface area contributed by atoms with E-state index in [1.165, 1.54) is 7.11 Å². The first-order chi connectivity index (χ1) is 8.86. The normalized spacial score (nSPS) is 20.9. The van der Waals surface area contributed by atoms with Crippen molar-refractivity contribution in [1.29, 1.82) is 0 Å². The van der Waals surface area contributed by atoms with E-state index in [9.17, 15) is 17.2 Å². The van der Waals surface area contributed by atoms with Gasteiger partial charge in [-0.25, -0.2) is 17.2 Å². The van der Waals surface area contributed by atoms with E-state index < -0.39 is 32.2 Å². The number of sulfonamides is 1. The van der Waals surface area contributed by atoms with Crippen molar-refractivity contribution in [2.75, 3.05) is 25.9 Å². The third-order valence-corrected chi connectivity index (χ3v) is 4.99. The summed E-state index contributed by atoms with van der Waals surface area (Å²) in [7, 11) is -2.54. The van der Waals surface area contributed by atoms with Crippen LogP contribution in [0.25, 0.3) is 0 Å². The van der Waals surface area contributed by atoms with Gasteiger partial charge in [0.2, 0.25) is 10.0 Å². The largest absolute Gasteiger partial charge is 0.396 e. The maximum atomic E-state index is 13.6. The summed E-state index contributed by atoms with van der Waals surface area (Å²) in [6.45, 7) is 0.382. The standard InChI is InChI=1S/C11H14F2N2O3S/c1-18-7-2-3-15(6-7)19(16,17)11-5-10(14)8(12)4-9(11)13/h4-5,7H,2-3,6,14H2,1H3. The molecule has 1 aromatic rings. The van der Waals surface area contributed by atoms with Crippen LogP contribution in [0.2, 0.25) is 0 Å². The van der Waals surface area contributed by atoms with Gasteiger partial charge in [0.05, 0.1) is 11.8 Å². The summed E-state index contributed by atoms with van der Waals surface area (Å²) in [5, 5.41) is 0. The summed E-state index contributed by atoms with van der Waals surface area (Å²) in [5.41, 5.74) is 4.89. The maximum absolute atomic E-state index is 13.6. The number of halogens is 2. The molecule has 2 N–H and O–H groups in total. The zero-order valence-electron chi connectivity index (χ0n) is 10.3. The van der Waals surface area contributed by atoms with Gasteiger partial charge in [0.25, 0.3) is 0 Å². The zero-order chi connectivity index (χ0) is 14.2. The van der Waals surface area contributed by atoms with Crippen LogP contribution in [0.3, 0.4) is 0 Å². The molecule has 0 aliphatic carbocycles. The molecule has 8 heteroatoms. The van der Waals surface area contributed by atoms with Gasteiger partial charge in [-0.1, -0.05) is 0 Å². The van der Waals surface area contributed by atoms with Crippen molar-refractivity contribution < 1.29 is 21.9 Å². The second-order valence-electron chi connectivity index (χ2n) is 4.31. The molecule has 106 valence electrons. The van der Waals surface area contributed by atoms with E-state index in [0.717, 1.165) is 10.4 Å². The number of nitrogens with two attached hydrogens (primary N) is 1. The van der Waals surface area contributed by atoms with E-state index in [1.807, 2.05) is 0 Å². The fraction of sp³-hybridized carbons (Fsp3) is 0.455. The summed E-state index contributed by atoms with van der Waals surface area (Å²) in [5.74, 6) is -2.12. The molecule has 5 nitrogen and oxygen atoms in total. The fourth-order valence-corrected chi connectivity index (χ4v) is 3.56. The van der Waals surface area contributed by atoms with Gasteiger partial charge in [-0.05, 0) is 12.5 Å². The Kier molecular flexibility index (Phi) is 3.75. The minimum absolute atomic E-state index is 0.148. The molecule has 1 atom stereocenters. The van der Waals surface area contributed by atoms with Gasteiger partial charge in [-0.3, -0.25) is 0 Å². The Morgan fingerprint density at radius 3 is 2.63 bits per heavy atom. The van der Waals surface area contributed by atoms with Gasteiger partial charge in [-0.2, -0.15) is 4.31 Å². The number of benzene rings is 1. The number of anilines is 1. The number of hydrogen-bond donors (Lipinski definition) is 1. The summed E-state index contributed by atoms with van der Waals surface area (Å²) in [6.07, 6.45) is 0.323. The molecule has 0 bridgehead atoms. The Morgan fingerprint density at radius 2 is 2.05 bits per heavy atom. The molecule has 1 heterocycles. The molecule has 2 rings (SSSR count). The van der Waals surface area contributed by atoms with Gasteiger partial charge in [-0.15, -0.1) is 0 Å². The molecule has 0 radical (unpaired) electrons. The number of methoxy groups -OCH3 is 1. The Hall–Kier alpha value is -1.25. The van der Waals surface area contributed by atoms with Crippen LogP contribution in [0.15, 0.2) is 17.0 Å². The predicted molar refractivity (Wildman–Crippen MR) is 64.9 cm³/mol. The second kappa shape index (κ2) is 5.03. The molecule has 1 unspecified atom stereocenters. The zero-order valence-corrected chi connectivity index (χ0v) is 11.1. The van der Waals surface area contributed by atoms with Crippen LogP contribution in [-0.4, -0.2) is 39.0 Å². The lowest BCUT2D eigenvalue weighted by molar-refractivity contribution is 0.115. The lowest BCUT2D eigenvalue weighted by Gasteiger charge is -2.17. The average molecular weight is 292 g/mol. The average Bonchev–Trinajstić information content (AvgIpc) is 2.83. The van der Waals surface area contributed by atoms with Crippen LogP contribution in [-0.2, 0) is 14.8 Å². The molecule has 19 heavy (non-hydrogen) atoms. The first-order valence-electron chi connectivity index (χ1n) is 5.63. The highest BCUT2D eigenvalue weighted by molar-refractivity contribution is 7.89. The number of nitrogen functional groups attached to an aromatic ring is 1. The molecule has 0 spiro atoms. The Bertz CT molecular complexity index is 592. The third-order valence-electron chi connectivity index (χ3n) is 3.11. The molecular formula is C11H14F2N2O3S. The summed E-state index contributed by atoms with van der Waals surface area (Å²) in [4.78, 5) is -0.608. The second-order valence-corrected chi connectivity index (χ2v) is 6.22. The lowest BCUT2D eigenvalue weighted by atomic mass is 10.3. The van der Waals surface area contributed by atoms with Gasteiger partial charge in [0.1, 0.15) is 16.5 Å². The number of hydrogen-bond acceptors (Lipinski definition) is 4. The van der Waals surface area contributed by atoms with Gasteiger partial charge >= 0.3 is 0 Å². The van der Waals surface area contributed by atoms with Crippen molar-refractivity contribution in [2.45, 2.75) is 17.4 Å². The number of nitrogens with zero attached hydrogens (tertiary/aromatic N) is 1. The smallest absolute Gasteiger partial charge is 0.246 e. The molecule has 0 amide bonds. The SMILES string of the molecule is COC1CCN(S(=O)(=O)c2cc(N)c(F)cc2F)C1. The molecule has 0 saturated carbocycles. The minimum atomic E-state index is -4.02. The Labute approximate surface area is 110 Å². The van der Waals surface area contributed by atoms with Crippen LogP contribution in [0, 0.1) is 11.6 Å². The summed E-state index contributed by atoms with van der Waals surface area (Å²) in [6, 6.07) is 1.28. The monoisotopic (exact) mass is 292 g/mol. The van der Waals surface area contributed by atoms with Crippen molar-refractivity contribution in [1.82, 2.24) is 4.31 Å². The Balaban J connectivity index is 2.38. The highest BCUT2D eigenvalue weighted by atomic mass is 32.2. The molecule has 1 aromatic carbocycles. The maximum Gasteiger partial charge on any atom is 0.246 e. The van der Waals surface area contributed by atoms with E-state index in [2.05, 4.69) is 0 Å². The molecule has 0 aromatic heterocycles.